The summed E-state index contributed by atoms with van der Waals surface area (Å²) in [6, 6.07) is 12.8. The van der Waals surface area contributed by atoms with Crippen LogP contribution in [0.2, 0.25) is 5.02 Å². The molecule has 0 spiro atoms. The number of nitrogens with zero attached hydrogens (tertiary/aromatic N) is 3. The lowest BCUT2D eigenvalue weighted by atomic mass is 10.0. The van der Waals surface area contributed by atoms with Crippen LogP contribution in [0.5, 0.6) is 5.75 Å². The van der Waals surface area contributed by atoms with Crippen molar-refractivity contribution in [2.45, 2.75) is 44.7 Å². The molecule has 3 aromatic rings. The second-order valence-electron chi connectivity index (χ2n) is 7.68. The van der Waals surface area contributed by atoms with Gasteiger partial charge in [-0.1, -0.05) is 42.7 Å². The number of ether oxygens (including phenoxy) is 1. The lowest BCUT2D eigenvalue weighted by Crippen LogP contribution is -2.35. The van der Waals surface area contributed by atoms with E-state index in [9.17, 15) is 8.42 Å². The summed E-state index contributed by atoms with van der Waals surface area (Å²) in [7, 11) is -2.31. The highest BCUT2D eigenvalue weighted by Crippen LogP contribution is 2.34. The van der Waals surface area contributed by atoms with E-state index in [0.717, 1.165) is 5.56 Å². The molecule has 0 saturated carbocycles. The number of aryl methyl sites for hydroxylation is 1. The molecule has 0 aliphatic rings. The summed E-state index contributed by atoms with van der Waals surface area (Å²) in [5.41, 5.74) is 0.809. The van der Waals surface area contributed by atoms with E-state index in [1.165, 1.54) is 16.4 Å². The fourth-order valence-corrected chi connectivity index (χ4v) is 4.96. The Kier molecular flexibility index (Phi) is 7.35. The number of rotatable bonds is 9. The zero-order valence-electron chi connectivity index (χ0n) is 17.9. The van der Waals surface area contributed by atoms with Crippen molar-refractivity contribution in [1.29, 1.82) is 0 Å². The first-order chi connectivity index (χ1) is 14.7. The van der Waals surface area contributed by atoms with Crippen molar-refractivity contribution in [3.8, 4) is 5.75 Å². The lowest BCUT2D eigenvalue weighted by Gasteiger charge is -2.30. The first kappa shape index (κ1) is 23.2. The minimum atomic E-state index is -3.90. The molecule has 0 unspecified atom stereocenters. The summed E-state index contributed by atoms with van der Waals surface area (Å²) in [4.78, 5) is 4.50. The highest BCUT2D eigenvalue weighted by atomic mass is 35.5. The van der Waals surface area contributed by atoms with Crippen molar-refractivity contribution in [3.63, 3.8) is 0 Å². The minimum Gasteiger partial charge on any atom is -0.497 e. The molecule has 0 bridgehead atoms. The Morgan fingerprint density at radius 3 is 2.26 bits per heavy atom. The molecule has 0 aliphatic carbocycles. The van der Waals surface area contributed by atoms with Crippen LogP contribution in [0.1, 0.15) is 43.6 Å². The summed E-state index contributed by atoms with van der Waals surface area (Å²) in [6.07, 6.45) is 0.518. The average Bonchev–Trinajstić information content (AvgIpc) is 3.17. The van der Waals surface area contributed by atoms with Gasteiger partial charge in [0.1, 0.15) is 11.8 Å². The van der Waals surface area contributed by atoms with Crippen LogP contribution in [0.25, 0.3) is 0 Å². The molecule has 0 saturated heterocycles. The number of hydrogen-bond donors (Lipinski definition) is 0. The number of benzene rings is 2. The van der Waals surface area contributed by atoms with Crippen LogP contribution in [-0.4, -0.2) is 30.0 Å². The standard InChI is InChI=1S/C22H26ClN3O4S/c1-15(2)13-21(22-24-16(3)25-30-22)26(14-17-5-9-19(29-4)10-6-17)31(27,28)20-11-7-18(23)8-12-20/h5-12,15,21H,13-14H2,1-4H3/t21-/m1/s1. The van der Waals surface area contributed by atoms with E-state index >= 15 is 0 Å². The number of aromatic nitrogens is 2. The SMILES string of the molecule is COc1ccc(CN([C@H](CC(C)C)c2nc(C)no2)S(=O)(=O)c2ccc(Cl)cc2)cc1. The summed E-state index contributed by atoms with van der Waals surface area (Å²) >= 11 is 5.98. The van der Waals surface area contributed by atoms with Crippen molar-refractivity contribution in [2.24, 2.45) is 5.92 Å². The molecule has 0 N–H and O–H groups in total. The quantitative estimate of drug-likeness (QED) is 0.443. The third-order valence-electron chi connectivity index (χ3n) is 4.79. The molecular formula is C22H26ClN3O4S. The first-order valence-corrected chi connectivity index (χ1v) is 11.7. The zero-order valence-corrected chi connectivity index (χ0v) is 19.5. The monoisotopic (exact) mass is 463 g/mol. The molecule has 1 aromatic heterocycles. The van der Waals surface area contributed by atoms with Crippen LogP contribution in [0.15, 0.2) is 57.9 Å². The van der Waals surface area contributed by atoms with Crippen molar-refractivity contribution in [2.75, 3.05) is 7.11 Å². The predicted octanol–water partition coefficient (Wildman–Crippen LogP) is 5.02. The molecule has 7 nitrogen and oxygen atoms in total. The number of hydrogen-bond acceptors (Lipinski definition) is 6. The number of methoxy groups -OCH3 is 1. The highest BCUT2D eigenvalue weighted by molar-refractivity contribution is 7.89. The molecule has 2 aromatic carbocycles. The topological polar surface area (TPSA) is 85.5 Å². The second kappa shape index (κ2) is 9.80. The normalized spacial score (nSPS) is 13.0. The molecule has 31 heavy (non-hydrogen) atoms. The van der Waals surface area contributed by atoms with Gasteiger partial charge in [0.2, 0.25) is 15.9 Å². The Morgan fingerprint density at radius 1 is 1.10 bits per heavy atom. The third-order valence-corrected chi connectivity index (χ3v) is 6.91. The molecule has 0 aliphatic heterocycles. The van der Waals surface area contributed by atoms with E-state index < -0.39 is 16.1 Å². The van der Waals surface area contributed by atoms with Crippen molar-refractivity contribution >= 4 is 21.6 Å². The molecular weight excluding hydrogens is 438 g/mol. The molecule has 3 rings (SSSR count). The first-order valence-electron chi connectivity index (χ1n) is 9.91. The highest BCUT2D eigenvalue weighted by Gasteiger charge is 2.36. The van der Waals surface area contributed by atoms with Gasteiger partial charge in [-0.3, -0.25) is 0 Å². The molecule has 9 heteroatoms. The maximum absolute atomic E-state index is 13.7. The van der Waals surface area contributed by atoms with E-state index in [0.29, 0.717) is 23.0 Å². The van der Waals surface area contributed by atoms with Gasteiger partial charge in [-0.25, -0.2) is 8.42 Å². The van der Waals surface area contributed by atoms with Gasteiger partial charge in [-0.15, -0.1) is 0 Å². The van der Waals surface area contributed by atoms with Crippen LogP contribution in [0.4, 0.5) is 0 Å². The van der Waals surface area contributed by atoms with Gasteiger partial charge in [0.15, 0.2) is 5.82 Å². The maximum Gasteiger partial charge on any atom is 0.245 e. The Bertz CT molecular complexity index is 1100. The largest absolute Gasteiger partial charge is 0.497 e. The smallest absolute Gasteiger partial charge is 0.245 e. The van der Waals surface area contributed by atoms with Gasteiger partial charge in [0.25, 0.3) is 0 Å². The Labute approximate surface area is 188 Å². The Morgan fingerprint density at radius 2 is 1.74 bits per heavy atom. The van der Waals surface area contributed by atoms with Crippen molar-refractivity contribution in [3.05, 3.63) is 70.8 Å². The summed E-state index contributed by atoms with van der Waals surface area (Å²) in [5.74, 6) is 1.62. The minimum absolute atomic E-state index is 0.133. The van der Waals surface area contributed by atoms with E-state index in [2.05, 4.69) is 10.1 Å². The number of sulfonamides is 1. The van der Waals surface area contributed by atoms with Crippen LogP contribution < -0.4 is 4.74 Å². The van der Waals surface area contributed by atoms with Crippen LogP contribution in [0, 0.1) is 12.8 Å². The van der Waals surface area contributed by atoms with E-state index in [4.69, 9.17) is 20.9 Å². The number of halogens is 1. The zero-order chi connectivity index (χ0) is 22.6. The summed E-state index contributed by atoms with van der Waals surface area (Å²) in [6.45, 7) is 5.89. The van der Waals surface area contributed by atoms with Crippen LogP contribution in [-0.2, 0) is 16.6 Å². The molecule has 166 valence electrons. The van der Waals surface area contributed by atoms with E-state index in [-0.39, 0.29) is 23.2 Å². The van der Waals surface area contributed by atoms with Gasteiger partial charge < -0.3 is 9.26 Å². The van der Waals surface area contributed by atoms with Gasteiger partial charge in [-0.2, -0.15) is 9.29 Å². The fraction of sp³-hybridized carbons (Fsp3) is 0.364. The maximum atomic E-state index is 13.7. The van der Waals surface area contributed by atoms with E-state index in [1.54, 1.807) is 38.3 Å². The Balaban J connectivity index is 2.09. The van der Waals surface area contributed by atoms with Gasteiger partial charge >= 0.3 is 0 Å². The second-order valence-corrected chi connectivity index (χ2v) is 10.0. The summed E-state index contributed by atoms with van der Waals surface area (Å²) in [5, 5.41) is 4.35. The molecule has 0 amide bonds. The lowest BCUT2D eigenvalue weighted by molar-refractivity contribution is 0.218. The van der Waals surface area contributed by atoms with Gasteiger partial charge in [-0.05, 0) is 61.2 Å². The summed E-state index contributed by atoms with van der Waals surface area (Å²) < 4.78 is 39.5. The average molecular weight is 464 g/mol. The third kappa shape index (κ3) is 5.64. The van der Waals surface area contributed by atoms with Crippen molar-refractivity contribution in [1.82, 2.24) is 14.4 Å². The van der Waals surface area contributed by atoms with Crippen molar-refractivity contribution < 1.29 is 17.7 Å². The van der Waals surface area contributed by atoms with Crippen LogP contribution in [0.3, 0.4) is 0 Å². The fourth-order valence-electron chi connectivity index (χ4n) is 3.25. The molecule has 1 atom stereocenters. The predicted molar refractivity (Wildman–Crippen MR) is 118 cm³/mol. The van der Waals surface area contributed by atoms with E-state index in [1.807, 2.05) is 26.0 Å². The molecule has 1 heterocycles. The van der Waals surface area contributed by atoms with Gasteiger partial charge in [0.05, 0.1) is 12.0 Å². The van der Waals surface area contributed by atoms with Crippen LogP contribution >= 0.6 is 11.6 Å². The van der Waals surface area contributed by atoms with Gasteiger partial charge in [0, 0.05) is 11.6 Å². The molecule has 0 radical (unpaired) electrons. The Hall–Kier alpha value is -2.42. The molecule has 0 fully saturated rings.